The van der Waals surface area contributed by atoms with E-state index in [2.05, 4.69) is 23.2 Å². The largest absolute Gasteiger partial charge is 0.491 e. The van der Waals surface area contributed by atoms with Crippen LogP contribution in [0.2, 0.25) is 5.02 Å². The van der Waals surface area contributed by atoms with Crippen LogP contribution in [0.15, 0.2) is 42.5 Å². The molecular formula is C22H27ClN2O3. The first-order chi connectivity index (χ1) is 13.6. The lowest BCUT2D eigenvalue weighted by Gasteiger charge is -2.21. The number of hydrogen-bond acceptors (Lipinski definition) is 4. The maximum atomic E-state index is 12.5. The van der Waals surface area contributed by atoms with Gasteiger partial charge in [-0.05, 0) is 55.2 Å². The minimum absolute atomic E-state index is 0.0745. The van der Waals surface area contributed by atoms with Gasteiger partial charge in [0.2, 0.25) is 0 Å². The van der Waals surface area contributed by atoms with E-state index in [-0.39, 0.29) is 5.91 Å². The molecule has 0 spiro atoms. The van der Waals surface area contributed by atoms with Gasteiger partial charge in [-0.15, -0.1) is 0 Å². The fourth-order valence-electron chi connectivity index (χ4n) is 3.45. The van der Waals surface area contributed by atoms with Crippen molar-refractivity contribution >= 4 is 23.2 Å². The third-order valence-corrected chi connectivity index (χ3v) is 5.24. The summed E-state index contributed by atoms with van der Waals surface area (Å²) in [4.78, 5) is 14.9. The molecule has 1 unspecified atom stereocenters. The molecule has 0 radical (unpaired) electrons. The Bertz CT molecular complexity index is 812. The van der Waals surface area contributed by atoms with Crippen LogP contribution in [0.1, 0.15) is 22.3 Å². The molecule has 1 saturated heterocycles. The average molecular weight is 403 g/mol. The van der Waals surface area contributed by atoms with Gasteiger partial charge in [-0.3, -0.25) is 4.79 Å². The van der Waals surface area contributed by atoms with E-state index in [1.165, 1.54) is 11.3 Å². The van der Waals surface area contributed by atoms with Gasteiger partial charge >= 0.3 is 0 Å². The van der Waals surface area contributed by atoms with E-state index in [0.717, 1.165) is 24.5 Å². The lowest BCUT2D eigenvalue weighted by molar-refractivity contribution is 0.0947. The third-order valence-electron chi connectivity index (χ3n) is 5.00. The summed E-state index contributed by atoms with van der Waals surface area (Å²) in [7, 11) is 1.63. The Kier molecular flexibility index (Phi) is 7.18. The Labute approximate surface area is 171 Å². The van der Waals surface area contributed by atoms with Crippen LogP contribution in [0.4, 0.5) is 5.69 Å². The number of nitrogens with one attached hydrogen (secondary N) is 1. The van der Waals surface area contributed by atoms with Crippen molar-refractivity contribution in [2.24, 2.45) is 5.92 Å². The minimum Gasteiger partial charge on any atom is -0.491 e. The van der Waals surface area contributed by atoms with Crippen molar-refractivity contribution in [3.8, 4) is 5.75 Å². The Balaban J connectivity index is 1.51. The Morgan fingerprint density at radius 2 is 2.11 bits per heavy atom. The second kappa shape index (κ2) is 9.80. The predicted molar refractivity (Wildman–Crippen MR) is 113 cm³/mol. The number of anilines is 1. The standard InChI is InChI=1S/C22H27ClN2O3/c1-16-6-7-19(23)13-21(16)25-9-8-17(15-25)14-24-22(26)18-4-3-5-20(12-18)28-11-10-27-2/h3-7,12-13,17H,8-11,14-15H2,1-2H3,(H,24,26). The van der Waals surface area contributed by atoms with E-state index < -0.39 is 0 Å². The number of aryl methyl sites for hydroxylation is 1. The summed E-state index contributed by atoms with van der Waals surface area (Å²) in [6, 6.07) is 13.2. The lowest BCUT2D eigenvalue weighted by atomic mass is 10.1. The molecule has 0 aliphatic carbocycles. The molecule has 1 atom stereocenters. The van der Waals surface area contributed by atoms with Crippen LogP contribution < -0.4 is 15.0 Å². The summed E-state index contributed by atoms with van der Waals surface area (Å²) >= 11 is 6.15. The number of nitrogens with zero attached hydrogens (tertiary/aromatic N) is 1. The summed E-state index contributed by atoms with van der Waals surface area (Å²) in [5.74, 6) is 1.02. The topological polar surface area (TPSA) is 50.8 Å². The van der Waals surface area contributed by atoms with E-state index in [4.69, 9.17) is 21.1 Å². The summed E-state index contributed by atoms with van der Waals surface area (Å²) in [6.07, 6.45) is 1.05. The lowest BCUT2D eigenvalue weighted by Crippen LogP contribution is -2.31. The first kappa shape index (κ1) is 20.5. The van der Waals surface area contributed by atoms with Crippen LogP contribution in [-0.2, 0) is 4.74 Å². The van der Waals surface area contributed by atoms with Gasteiger partial charge in [0.1, 0.15) is 12.4 Å². The summed E-state index contributed by atoms with van der Waals surface area (Å²) in [6.45, 7) is 5.63. The van der Waals surface area contributed by atoms with Crippen molar-refractivity contribution in [1.29, 1.82) is 0 Å². The SMILES string of the molecule is COCCOc1cccc(C(=O)NCC2CCN(c3cc(Cl)ccc3C)C2)c1. The van der Waals surface area contributed by atoms with Crippen LogP contribution in [-0.4, -0.2) is 45.9 Å². The molecule has 28 heavy (non-hydrogen) atoms. The summed E-state index contributed by atoms with van der Waals surface area (Å²) < 4.78 is 10.6. The van der Waals surface area contributed by atoms with E-state index >= 15 is 0 Å². The number of methoxy groups -OCH3 is 1. The molecule has 3 rings (SSSR count). The molecule has 1 fully saturated rings. The van der Waals surface area contributed by atoms with Crippen LogP contribution >= 0.6 is 11.6 Å². The molecule has 0 saturated carbocycles. The zero-order valence-electron chi connectivity index (χ0n) is 16.4. The highest BCUT2D eigenvalue weighted by molar-refractivity contribution is 6.30. The van der Waals surface area contributed by atoms with Crippen molar-refractivity contribution in [3.05, 3.63) is 58.6 Å². The monoisotopic (exact) mass is 402 g/mol. The molecular weight excluding hydrogens is 376 g/mol. The maximum absolute atomic E-state index is 12.5. The molecule has 1 amide bonds. The van der Waals surface area contributed by atoms with E-state index in [1.54, 1.807) is 19.2 Å². The quantitative estimate of drug-likeness (QED) is 0.680. The third kappa shape index (κ3) is 5.40. The van der Waals surface area contributed by atoms with Crippen LogP contribution in [0.25, 0.3) is 0 Å². The normalized spacial score (nSPS) is 16.2. The summed E-state index contributed by atoms with van der Waals surface area (Å²) in [5.41, 5.74) is 3.01. The number of benzene rings is 2. The predicted octanol–water partition coefficient (Wildman–Crippen LogP) is 3.93. The highest BCUT2D eigenvalue weighted by Crippen LogP contribution is 2.29. The molecule has 150 valence electrons. The molecule has 0 aromatic heterocycles. The zero-order chi connectivity index (χ0) is 19.9. The highest BCUT2D eigenvalue weighted by Gasteiger charge is 2.24. The Morgan fingerprint density at radius 3 is 2.93 bits per heavy atom. The highest BCUT2D eigenvalue weighted by atomic mass is 35.5. The maximum Gasteiger partial charge on any atom is 0.251 e. The van der Waals surface area contributed by atoms with Gasteiger partial charge in [0.25, 0.3) is 5.91 Å². The molecule has 1 aliphatic rings. The van der Waals surface area contributed by atoms with Crippen molar-refractivity contribution in [1.82, 2.24) is 5.32 Å². The fourth-order valence-corrected chi connectivity index (χ4v) is 3.62. The number of rotatable bonds is 8. The first-order valence-corrected chi connectivity index (χ1v) is 9.95. The van der Waals surface area contributed by atoms with Crippen LogP contribution in [0, 0.1) is 12.8 Å². The Morgan fingerprint density at radius 1 is 1.25 bits per heavy atom. The number of ether oxygens (including phenoxy) is 2. The molecule has 0 bridgehead atoms. The molecule has 1 N–H and O–H groups in total. The van der Waals surface area contributed by atoms with Crippen LogP contribution in [0.5, 0.6) is 5.75 Å². The second-order valence-electron chi connectivity index (χ2n) is 7.11. The van der Waals surface area contributed by atoms with Gasteiger partial charge in [-0.25, -0.2) is 0 Å². The molecule has 2 aromatic rings. The summed E-state index contributed by atoms with van der Waals surface area (Å²) in [5, 5.41) is 3.82. The number of hydrogen-bond donors (Lipinski definition) is 1. The van der Waals surface area contributed by atoms with Gasteiger partial charge in [0.15, 0.2) is 0 Å². The smallest absolute Gasteiger partial charge is 0.251 e. The molecule has 6 heteroatoms. The van der Waals surface area contributed by atoms with Crippen LogP contribution in [0.3, 0.4) is 0 Å². The second-order valence-corrected chi connectivity index (χ2v) is 7.55. The van der Waals surface area contributed by atoms with Crippen molar-refractivity contribution in [2.45, 2.75) is 13.3 Å². The van der Waals surface area contributed by atoms with E-state index in [1.807, 2.05) is 24.3 Å². The average Bonchev–Trinajstić information content (AvgIpc) is 3.17. The van der Waals surface area contributed by atoms with Crippen molar-refractivity contribution in [2.75, 3.05) is 44.9 Å². The van der Waals surface area contributed by atoms with Gasteiger partial charge in [-0.1, -0.05) is 23.7 Å². The van der Waals surface area contributed by atoms with E-state index in [9.17, 15) is 4.79 Å². The van der Waals surface area contributed by atoms with Gasteiger partial charge < -0.3 is 19.7 Å². The van der Waals surface area contributed by atoms with Gasteiger partial charge in [0.05, 0.1) is 6.61 Å². The van der Waals surface area contributed by atoms with Crippen molar-refractivity contribution in [3.63, 3.8) is 0 Å². The van der Waals surface area contributed by atoms with E-state index in [0.29, 0.717) is 37.0 Å². The number of carbonyl (C=O) groups is 1. The minimum atomic E-state index is -0.0745. The fraction of sp³-hybridized carbons (Fsp3) is 0.409. The number of amides is 1. The van der Waals surface area contributed by atoms with Gasteiger partial charge in [-0.2, -0.15) is 0 Å². The first-order valence-electron chi connectivity index (χ1n) is 9.58. The molecule has 2 aromatic carbocycles. The number of halogens is 1. The molecule has 1 aliphatic heterocycles. The molecule has 1 heterocycles. The van der Waals surface area contributed by atoms with Gasteiger partial charge in [0, 0.05) is 43.0 Å². The number of carbonyl (C=O) groups excluding carboxylic acids is 1. The van der Waals surface area contributed by atoms with Crippen molar-refractivity contribution < 1.29 is 14.3 Å². The Hall–Kier alpha value is -2.24. The molecule has 5 nitrogen and oxygen atoms in total. The zero-order valence-corrected chi connectivity index (χ0v) is 17.2.